The molecule has 1 heterocycles. The van der Waals surface area contributed by atoms with Crippen molar-refractivity contribution in [1.29, 1.82) is 0 Å². The van der Waals surface area contributed by atoms with E-state index in [-0.39, 0.29) is 25.3 Å². The average Bonchev–Trinajstić information content (AvgIpc) is 2.59. The molecule has 0 aliphatic rings. The Hall–Kier alpha value is -1.96. The summed E-state index contributed by atoms with van der Waals surface area (Å²) in [5.74, 6) is -1.67. The van der Waals surface area contributed by atoms with E-state index in [1.807, 2.05) is 0 Å². The minimum Gasteiger partial charge on any atom is -0.476 e. The summed E-state index contributed by atoms with van der Waals surface area (Å²) in [6, 6.07) is 0. The number of nitrogens with zero attached hydrogens (tertiary/aromatic N) is 3. The number of hydrogen-bond donors (Lipinski definition) is 2. The maximum absolute atomic E-state index is 10.8. The molecule has 0 aliphatic carbocycles. The Kier molecular flexibility index (Phi) is 3.95. The monoisotopic (exact) mass is 228 g/mol. The molecular weight excluding hydrogens is 216 g/mol. The zero-order valence-corrected chi connectivity index (χ0v) is 8.71. The fourth-order valence-electron chi connectivity index (χ4n) is 1.17. The zero-order chi connectivity index (χ0) is 12.1. The maximum atomic E-state index is 10.8. The number of primary amides is 1. The molecule has 8 heteroatoms. The highest BCUT2D eigenvalue weighted by Crippen LogP contribution is 2.07. The van der Waals surface area contributed by atoms with Crippen LogP contribution in [0.1, 0.15) is 22.6 Å². The van der Waals surface area contributed by atoms with Gasteiger partial charge >= 0.3 is 5.97 Å². The lowest BCUT2D eigenvalue weighted by atomic mass is 10.3. The molecule has 0 saturated carbocycles. The van der Waals surface area contributed by atoms with E-state index in [2.05, 4.69) is 10.3 Å². The Morgan fingerprint density at radius 3 is 2.75 bits per heavy atom. The molecule has 1 aromatic rings. The minimum absolute atomic E-state index is 0.0629. The van der Waals surface area contributed by atoms with Crippen LogP contribution in [0.15, 0.2) is 0 Å². The number of amides is 1. The van der Waals surface area contributed by atoms with E-state index in [1.54, 1.807) is 0 Å². The lowest BCUT2D eigenvalue weighted by Gasteiger charge is -2.04. The molecule has 0 aliphatic heterocycles. The van der Waals surface area contributed by atoms with Gasteiger partial charge in [-0.1, -0.05) is 5.21 Å². The highest BCUT2D eigenvalue weighted by atomic mass is 16.5. The van der Waals surface area contributed by atoms with Crippen LogP contribution in [0.4, 0.5) is 0 Å². The Labute approximate surface area is 91.0 Å². The number of aromatic carboxylic acids is 1. The molecule has 16 heavy (non-hydrogen) atoms. The second-order valence-electron chi connectivity index (χ2n) is 3.06. The number of rotatable bonds is 6. The lowest BCUT2D eigenvalue weighted by Crippen LogP contribution is -2.16. The summed E-state index contributed by atoms with van der Waals surface area (Å²) >= 11 is 0. The summed E-state index contributed by atoms with van der Waals surface area (Å²) in [5.41, 5.74) is 5.12. The number of nitrogens with two attached hydrogens (primary N) is 1. The second-order valence-corrected chi connectivity index (χ2v) is 3.06. The molecule has 0 spiro atoms. The Balaban J connectivity index is 2.90. The quantitative estimate of drug-likeness (QED) is 0.644. The van der Waals surface area contributed by atoms with Crippen LogP contribution in [-0.4, -0.2) is 39.1 Å². The first-order valence-corrected chi connectivity index (χ1v) is 4.49. The molecule has 0 unspecified atom stereocenters. The molecule has 0 aromatic carbocycles. The van der Waals surface area contributed by atoms with Crippen LogP contribution in [0.25, 0.3) is 0 Å². The third-order valence-electron chi connectivity index (χ3n) is 1.89. The number of carbonyl (C=O) groups excluding carboxylic acids is 1. The van der Waals surface area contributed by atoms with Crippen LogP contribution in [0, 0.1) is 0 Å². The first-order chi connectivity index (χ1) is 7.56. The standard InChI is InChI=1S/C8H12N4O4/c1-16-4-5-7(8(14)15)10-11-12(5)3-2-6(9)13/h2-4H2,1H3,(H2,9,13)(H,14,15). The largest absolute Gasteiger partial charge is 0.476 e. The van der Waals surface area contributed by atoms with Gasteiger partial charge in [0.15, 0.2) is 5.69 Å². The summed E-state index contributed by atoms with van der Waals surface area (Å²) in [6.45, 7) is 0.252. The van der Waals surface area contributed by atoms with Crippen molar-refractivity contribution in [1.82, 2.24) is 15.0 Å². The van der Waals surface area contributed by atoms with Crippen molar-refractivity contribution >= 4 is 11.9 Å². The van der Waals surface area contributed by atoms with Gasteiger partial charge in [0.05, 0.1) is 18.8 Å². The van der Waals surface area contributed by atoms with Crippen LogP contribution in [-0.2, 0) is 22.7 Å². The Morgan fingerprint density at radius 1 is 1.56 bits per heavy atom. The predicted molar refractivity (Wildman–Crippen MR) is 51.5 cm³/mol. The summed E-state index contributed by atoms with van der Waals surface area (Å²) < 4.78 is 6.15. The van der Waals surface area contributed by atoms with Gasteiger partial charge in [0.2, 0.25) is 5.91 Å². The van der Waals surface area contributed by atoms with Crippen molar-refractivity contribution in [2.45, 2.75) is 19.6 Å². The van der Waals surface area contributed by atoms with Crippen LogP contribution < -0.4 is 5.73 Å². The molecule has 3 N–H and O–H groups in total. The smallest absolute Gasteiger partial charge is 0.358 e. The molecule has 1 rings (SSSR count). The summed E-state index contributed by atoms with van der Waals surface area (Å²) in [5, 5.41) is 15.9. The van der Waals surface area contributed by atoms with Gasteiger partial charge in [-0.25, -0.2) is 9.48 Å². The van der Waals surface area contributed by atoms with Crippen molar-refractivity contribution in [2.75, 3.05) is 7.11 Å². The number of carbonyl (C=O) groups is 2. The van der Waals surface area contributed by atoms with Crippen LogP contribution in [0.3, 0.4) is 0 Å². The number of ether oxygens (including phenoxy) is 1. The van der Waals surface area contributed by atoms with Crippen molar-refractivity contribution in [2.24, 2.45) is 5.73 Å². The average molecular weight is 228 g/mol. The predicted octanol–water partition coefficient (Wildman–Crippen LogP) is -1.00. The van der Waals surface area contributed by atoms with Crippen LogP contribution in [0.5, 0.6) is 0 Å². The SMILES string of the molecule is COCc1c(C(=O)O)nnn1CCC(N)=O. The van der Waals surface area contributed by atoms with Gasteiger partial charge in [-0.2, -0.15) is 0 Å². The molecule has 0 bridgehead atoms. The summed E-state index contributed by atoms with van der Waals surface area (Å²) in [7, 11) is 1.43. The maximum Gasteiger partial charge on any atom is 0.358 e. The van der Waals surface area contributed by atoms with Crippen molar-refractivity contribution in [3.05, 3.63) is 11.4 Å². The number of carboxylic acids is 1. The van der Waals surface area contributed by atoms with E-state index in [4.69, 9.17) is 15.6 Å². The normalized spacial score (nSPS) is 10.3. The van der Waals surface area contributed by atoms with E-state index in [9.17, 15) is 9.59 Å². The minimum atomic E-state index is -1.18. The van der Waals surface area contributed by atoms with E-state index in [1.165, 1.54) is 11.8 Å². The third-order valence-corrected chi connectivity index (χ3v) is 1.89. The molecule has 0 atom stereocenters. The second kappa shape index (κ2) is 5.21. The van der Waals surface area contributed by atoms with Gasteiger partial charge in [0.25, 0.3) is 0 Å². The van der Waals surface area contributed by atoms with Crippen LogP contribution >= 0.6 is 0 Å². The van der Waals surface area contributed by atoms with E-state index < -0.39 is 11.9 Å². The third kappa shape index (κ3) is 2.76. The zero-order valence-electron chi connectivity index (χ0n) is 8.71. The van der Waals surface area contributed by atoms with Gasteiger partial charge in [-0.15, -0.1) is 5.10 Å². The van der Waals surface area contributed by atoms with Crippen LogP contribution in [0.2, 0.25) is 0 Å². The molecule has 1 amide bonds. The van der Waals surface area contributed by atoms with Crippen molar-refractivity contribution in [3.63, 3.8) is 0 Å². The molecule has 88 valence electrons. The fraction of sp³-hybridized carbons (Fsp3) is 0.500. The number of aryl methyl sites for hydroxylation is 1. The molecule has 8 nitrogen and oxygen atoms in total. The summed E-state index contributed by atoms with van der Waals surface area (Å²) in [6.07, 6.45) is 0.0686. The van der Waals surface area contributed by atoms with Gasteiger partial charge in [0, 0.05) is 13.5 Å². The lowest BCUT2D eigenvalue weighted by molar-refractivity contribution is -0.118. The highest BCUT2D eigenvalue weighted by Gasteiger charge is 2.18. The number of carboxylic acid groups (broad SMARTS) is 1. The van der Waals surface area contributed by atoms with Gasteiger partial charge in [0.1, 0.15) is 0 Å². The van der Waals surface area contributed by atoms with Crippen molar-refractivity contribution in [3.8, 4) is 0 Å². The van der Waals surface area contributed by atoms with E-state index >= 15 is 0 Å². The Morgan fingerprint density at radius 2 is 2.25 bits per heavy atom. The first kappa shape index (κ1) is 12.1. The first-order valence-electron chi connectivity index (χ1n) is 4.49. The van der Waals surface area contributed by atoms with Gasteiger partial charge in [-0.3, -0.25) is 4.79 Å². The topological polar surface area (TPSA) is 120 Å². The molecule has 0 radical (unpaired) electrons. The number of methoxy groups -OCH3 is 1. The van der Waals surface area contributed by atoms with Crippen molar-refractivity contribution < 1.29 is 19.4 Å². The fourth-order valence-corrected chi connectivity index (χ4v) is 1.17. The number of hydrogen-bond acceptors (Lipinski definition) is 5. The highest BCUT2D eigenvalue weighted by molar-refractivity contribution is 5.86. The molecule has 1 aromatic heterocycles. The molecular formula is C8H12N4O4. The molecule has 0 saturated heterocycles. The van der Waals surface area contributed by atoms with Gasteiger partial charge < -0.3 is 15.6 Å². The van der Waals surface area contributed by atoms with E-state index in [0.717, 1.165) is 0 Å². The van der Waals surface area contributed by atoms with E-state index in [0.29, 0.717) is 5.69 Å². The number of aromatic nitrogens is 3. The Bertz CT molecular complexity index is 401. The molecule has 0 fully saturated rings. The summed E-state index contributed by atoms with van der Waals surface area (Å²) in [4.78, 5) is 21.4. The van der Waals surface area contributed by atoms with Gasteiger partial charge in [-0.05, 0) is 0 Å².